The molecule has 11 aromatic carbocycles. The second-order valence-electron chi connectivity index (χ2n) is 16.8. The Kier molecular flexibility index (Phi) is 7.36. The summed E-state index contributed by atoms with van der Waals surface area (Å²) in [7, 11) is 0. The largest absolute Gasteiger partial charge is 0.456 e. The van der Waals surface area contributed by atoms with E-state index < -0.39 is 0 Å². The SMILES string of the molecule is c1ccc2c(-c3ccc(-c4nc(-n5c6c(-c7ccc8c(c7)oc7ccc9ccccc9c78)cccc6c6c7ccccc7c7ccccc7c65)nc5ccccc45)cc3)cccc2c1. The quantitative estimate of drug-likeness (QED) is 0.166. The van der Waals surface area contributed by atoms with Crippen molar-refractivity contribution in [3.8, 4) is 39.5 Å². The molecule has 0 unspecified atom stereocenters. The summed E-state index contributed by atoms with van der Waals surface area (Å²) in [5.74, 6) is 0.621. The summed E-state index contributed by atoms with van der Waals surface area (Å²) < 4.78 is 9.00. The molecule has 0 bridgehead atoms. The van der Waals surface area contributed by atoms with E-state index in [4.69, 9.17) is 14.4 Å². The summed E-state index contributed by atoms with van der Waals surface area (Å²) in [6, 6.07) is 76.1. The van der Waals surface area contributed by atoms with Gasteiger partial charge in [0.2, 0.25) is 5.95 Å². The van der Waals surface area contributed by atoms with E-state index in [0.717, 1.165) is 77.0 Å². The molecule has 0 fully saturated rings. The lowest BCUT2D eigenvalue weighted by molar-refractivity contribution is 0.669. The van der Waals surface area contributed by atoms with Crippen LogP contribution in [0, 0.1) is 0 Å². The van der Waals surface area contributed by atoms with Crippen LogP contribution in [0.15, 0.2) is 217 Å². The molecule has 4 nitrogen and oxygen atoms in total. The fraction of sp³-hybridized carbons (Fsp3) is 0. The summed E-state index contributed by atoms with van der Waals surface area (Å²) in [4.78, 5) is 11.1. The van der Waals surface area contributed by atoms with Crippen LogP contribution in [0.2, 0.25) is 0 Å². The Balaban J connectivity index is 1.06. The minimum Gasteiger partial charge on any atom is -0.456 e. The Hall–Kier alpha value is -8.60. The molecule has 0 aliphatic heterocycles. The van der Waals surface area contributed by atoms with E-state index in [1.165, 1.54) is 54.2 Å². The Morgan fingerprint density at radius 1 is 0.328 bits per heavy atom. The molecule has 0 spiro atoms. The Bertz CT molecular complexity index is 4250. The number of hydrogen-bond acceptors (Lipinski definition) is 3. The summed E-state index contributed by atoms with van der Waals surface area (Å²) >= 11 is 0. The molecule has 0 radical (unpaired) electrons. The summed E-state index contributed by atoms with van der Waals surface area (Å²) in [5.41, 5.74) is 11.2. The van der Waals surface area contributed by atoms with Crippen LogP contribution in [-0.2, 0) is 0 Å². The standard InChI is InChI=1S/C60H35N3O/c1-3-16-41-36(13-1)15-11-23-42(41)38-27-29-39(30-28-38)57-49-22-9-10-26-52(49)61-60(62-57)63-58-44(40-31-33-50-54(35-40)64-53-34-32-37-14-2-4-17-43(37)55(50)53)24-12-25-51(58)56-47-20-7-5-18-45(47)46-19-6-8-21-48(46)59(56)63/h1-35H. The number of benzene rings is 11. The van der Waals surface area contributed by atoms with Crippen LogP contribution in [-0.4, -0.2) is 14.5 Å². The van der Waals surface area contributed by atoms with Crippen LogP contribution in [0.1, 0.15) is 0 Å². The third kappa shape index (κ3) is 5.05. The van der Waals surface area contributed by atoms with Crippen molar-refractivity contribution in [3.05, 3.63) is 212 Å². The molecule has 0 atom stereocenters. The predicted molar refractivity (Wildman–Crippen MR) is 267 cm³/mol. The van der Waals surface area contributed by atoms with Crippen molar-refractivity contribution in [2.24, 2.45) is 0 Å². The van der Waals surface area contributed by atoms with Gasteiger partial charge in [-0.15, -0.1) is 0 Å². The molecule has 296 valence electrons. The van der Waals surface area contributed by atoms with E-state index in [0.29, 0.717) is 5.95 Å². The van der Waals surface area contributed by atoms with E-state index >= 15 is 0 Å². The first-order chi connectivity index (χ1) is 31.7. The first kappa shape index (κ1) is 35.0. The molecule has 0 amide bonds. The topological polar surface area (TPSA) is 43.9 Å². The van der Waals surface area contributed by atoms with Gasteiger partial charge in [-0.3, -0.25) is 4.57 Å². The van der Waals surface area contributed by atoms with Gasteiger partial charge in [-0.1, -0.05) is 188 Å². The number of hydrogen-bond donors (Lipinski definition) is 0. The molecular formula is C60H35N3O. The van der Waals surface area contributed by atoms with Gasteiger partial charge in [0.25, 0.3) is 0 Å². The number of rotatable bonds is 4. The lowest BCUT2D eigenvalue weighted by Gasteiger charge is -2.15. The van der Waals surface area contributed by atoms with Crippen LogP contribution in [0.3, 0.4) is 0 Å². The average Bonchev–Trinajstić information content (AvgIpc) is 3.93. The fourth-order valence-corrected chi connectivity index (χ4v) is 10.5. The van der Waals surface area contributed by atoms with Crippen molar-refractivity contribution in [2.75, 3.05) is 0 Å². The zero-order valence-electron chi connectivity index (χ0n) is 34.5. The molecule has 0 aliphatic carbocycles. The fourth-order valence-electron chi connectivity index (χ4n) is 10.5. The minimum atomic E-state index is 0.621. The summed E-state index contributed by atoms with van der Waals surface area (Å²) in [6.07, 6.45) is 0. The maximum absolute atomic E-state index is 6.66. The Morgan fingerprint density at radius 2 is 0.922 bits per heavy atom. The summed E-state index contributed by atoms with van der Waals surface area (Å²) in [5, 5.41) is 15.2. The molecule has 4 heteroatoms. The van der Waals surface area contributed by atoms with Gasteiger partial charge in [-0.25, -0.2) is 9.97 Å². The number of furan rings is 1. The van der Waals surface area contributed by atoms with Gasteiger partial charge < -0.3 is 4.42 Å². The molecule has 14 aromatic rings. The van der Waals surface area contributed by atoms with Crippen molar-refractivity contribution in [3.63, 3.8) is 0 Å². The van der Waals surface area contributed by atoms with Crippen molar-refractivity contribution < 1.29 is 4.42 Å². The maximum Gasteiger partial charge on any atom is 0.235 e. The Labute approximate surface area is 366 Å². The van der Waals surface area contributed by atoms with E-state index in [1.807, 2.05) is 0 Å². The van der Waals surface area contributed by atoms with Gasteiger partial charge in [0, 0.05) is 43.4 Å². The molecule has 3 aromatic heterocycles. The van der Waals surface area contributed by atoms with Crippen molar-refractivity contribution in [1.82, 2.24) is 14.5 Å². The first-order valence-electron chi connectivity index (χ1n) is 21.8. The molecule has 0 saturated carbocycles. The van der Waals surface area contributed by atoms with Crippen LogP contribution >= 0.6 is 0 Å². The smallest absolute Gasteiger partial charge is 0.235 e. The Morgan fingerprint density at radius 3 is 1.75 bits per heavy atom. The highest BCUT2D eigenvalue weighted by atomic mass is 16.3. The first-order valence-corrected chi connectivity index (χ1v) is 21.8. The highest BCUT2D eigenvalue weighted by molar-refractivity contribution is 6.33. The monoisotopic (exact) mass is 813 g/mol. The van der Waals surface area contributed by atoms with Crippen molar-refractivity contribution >= 4 is 97.7 Å². The zero-order chi connectivity index (χ0) is 41.9. The molecule has 3 heterocycles. The van der Waals surface area contributed by atoms with E-state index in [2.05, 4.69) is 217 Å². The average molecular weight is 814 g/mol. The predicted octanol–water partition coefficient (Wildman–Crippen LogP) is 16.2. The molecule has 0 aliphatic rings. The van der Waals surface area contributed by atoms with E-state index in [1.54, 1.807) is 0 Å². The van der Waals surface area contributed by atoms with Gasteiger partial charge in [-0.2, -0.15) is 0 Å². The number of para-hydroxylation sites is 2. The molecular weight excluding hydrogens is 779 g/mol. The molecule has 0 N–H and O–H groups in total. The third-order valence-corrected chi connectivity index (χ3v) is 13.4. The second kappa shape index (κ2) is 13.4. The van der Waals surface area contributed by atoms with Crippen molar-refractivity contribution in [2.45, 2.75) is 0 Å². The number of nitrogens with zero attached hydrogens (tertiary/aromatic N) is 3. The van der Waals surface area contributed by atoms with Crippen LogP contribution in [0.25, 0.3) is 137 Å². The molecule has 0 saturated heterocycles. The van der Waals surface area contributed by atoms with Gasteiger partial charge >= 0.3 is 0 Å². The van der Waals surface area contributed by atoms with Gasteiger partial charge in [0.1, 0.15) is 11.2 Å². The number of fused-ring (bicyclic) bond motifs is 15. The maximum atomic E-state index is 6.66. The van der Waals surface area contributed by atoms with E-state index in [9.17, 15) is 0 Å². The number of aromatic nitrogens is 3. The lowest BCUT2D eigenvalue weighted by atomic mass is 9.95. The van der Waals surface area contributed by atoms with Crippen LogP contribution in [0.5, 0.6) is 0 Å². The van der Waals surface area contributed by atoms with E-state index in [-0.39, 0.29) is 0 Å². The molecule has 64 heavy (non-hydrogen) atoms. The van der Waals surface area contributed by atoms with Crippen LogP contribution < -0.4 is 0 Å². The third-order valence-electron chi connectivity index (χ3n) is 13.4. The normalized spacial score (nSPS) is 12.1. The highest BCUT2D eigenvalue weighted by Crippen LogP contribution is 2.46. The summed E-state index contributed by atoms with van der Waals surface area (Å²) in [6.45, 7) is 0. The second-order valence-corrected chi connectivity index (χ2v) is 16.8. The lowest BCUT2D eigenvalue weighted by Crippen LogP contribution is -2.04. The van der Waals surface area contributed by atoms with Gasteiger partial charge in [0.05, 0.1) is 22.2 Å². The minimum absolute atomic E-state index is 0.621. The van der Waals surface area contributed by atoms with Crippen molar-refractivity contribution in [1.29, 1.82) is 0 Å². The molecule has 14 rings (SSSR count). The highest BCUT2D eigenvalue weighted by Gasteiger charge is 2.24. The zero-order valence-corrected chi connectivity index (χ0v) is 34.5. The van der Waals surface area contributed by atoms with Gasteiger partial charge in [0.15, 0.2) is 0 Å². The van der Waals surface area contributed by atoms with Gasteiger partial charge in [-0.05, 0) is 78.7 Å². The van der Waals surface area contributed by atoms with Crippen LogP contribution in [0.4, 0.5) is 0 Å².